The van der Waals surface area contributed by atoms with Crippen LogP contribution in [0.25, 0.3) is 76.9 Å². The fraction of sp³-hybridized carbons (Fsp3) is 0. The lowest BCUT2D eigenvalue weighted by Gasteiger charge is -2.30. The van der Waals surface area contributed by atoms with E-state index in [1.54, 1.807) is 0 Å². The molecular formula is C46H29NO2. The van der Waals surface area contributed by atoms with Gasteiger partial charge >= 0.3 is 0 Å². The number of furan rings is 2. The normalized spacial score (nSPS) is 11.7. The second kappa shape index (κ2) is 11.0. The molecule has 0 aliphatic rings. The molecule has 0 aliphatic carbocycles. The molecule has 0 saturated carbocycles. The SMILES string of the molecule is c1ccc(-c2ccccc2N(c2ccc3c(c2)oc2ccccc23)c2ccc3oc4ccccc4c3c2-c2ccc3ccccc3c2)cc1. The van der Waals surface area contributed by atoms with E-state index in [9.17, 15) is 0 Å². The summed E-state index contributed by atoms with van der Waals surface area (Å²) in [6, 6.07) is 62.1. The van der Waals surface area contributed by atoms with Crippen molar-refractivity contribution in [2.24, 2.45) is 0 Å². The van der Waals surface area contributed by atoms with Crippen molar-refractivity contribution < 1.29 is 8.83 Å². The van der Waals surface area contributed by atoms with E-state index < -0.39 is 0 Å². The van der Waals surface area contributed by atoms with Gasteiger partial charge in [0.05, 0.1) is 11.4 Å². The van der Waals surface area contributed by atoms with Gasteiger partial charge in [-0.2, -0.15) is 0 Å². The molecule has 0 amide bonds. The lowest BCUT2D eigenvalue weighted by Crippen LogP contribution is -2.12. The van der Waals surface area contributed by atoms with Crippen molar-refractivity contribution in [2.75, 3.05) is 4.90 Å². The zero-order valence-corrected chi connectivity index (χ0v) is 26.5. The molecule has 0 unspecified atom stereocenters. The summed E-state index contributed by atoms with van der Waals surface area (Å²) in [6.07, 6.45) is 0. The van der Waals surface area contributed by atoms with Gasteiger partial charge in [-0.25, -0.2) is 0 Å². The fourth-order valence-corrected chi connectivity index (χ4v) is 7.42. The lowest BCUT2D eigenvalue weighted by atomic mass is 9.93. The van der Waals surface area contributed by atoms with Crippen molar-refractivity contribution in [1.82, 2.24) is 0 Å². The van der Waals surface area contributed by atoms with Gasteiger partial charge in [0.1, 0.15) is 22.3 Å². The molecule has 2 heterocycles. The summed E-state index contributed by atoms with van der Waals surface area (Å²) in [7, 11) is 0. The molecule has 0 fully saturated rings. The van der Waals surface area contributed by atoms with E-state index in [4.69, 9.17) is 8.83 Å². The van der Waals surface area contributed by atoms with Crippen LogP contribution in [-0.2, 0) is 0 Å². The number of fused-ring (bicyclic) bond motifs is 7. The molecule has 0 atom stereocenters. The van der Waals surface area contributed by atoms with Crippen molar-refractivity contribution >= 4 is 71.7 Å². The van der Waals surface area contributed by atoms with Crippen LogP contribution in [0.4, 0.5) is 17.1 Å². The van der Waals surface area contributed by atoms with Crippen molar-refractivity contribution in [2.45, 2.75) is 0 Å². The number of anilines is 3. The van der Waals surface area contributed by atoms with Gasteiger partial charge in [0.25, 0.3) is 0 Å². The minimum atomic E-state index is 0.850. The molecule has 0 saturated heterocycles. The van der Waals surface area contributed by atoms with E-state index in [-0.39, 0.29) is 0 Å². The number of hydrogen-bond donors (Lipinski definition) is 0. The summed E-state index contributed by atoms with van der Waals surface area (Å²) in [5, 5.41) is 6.79. The molecule has 0 spiro atoms. The zero-order chi connectivity index (χ0) is 32.3. The first-order valence-corrected chi connectivity index (χ1v) is 16.6. The second-order valence-electron chi connectivity index (χ2n) is 12.5. The Morgan fingerprint density at radius 1 is 0.367 bits per heavy atom. The maximum absolute atomic E-state index is 6.50. The standard InChI is InChI=1S/C46H29NO2/c1-2-13-31(14-3-1)35-16-6-9-19-39(35)47(34-24-25-37-36-17-7-10-20-41(36)49-44(37)29-34)40-26-27-43-46(38-18-8-11-21-42(38)48-43)45(40)33-23-22-30-12-4-5-15-32(30)28-33/h1-29H. The van der Waals surface area contributed by atoms with Crippen LogP contribution >= 0.6 is 0 Å². The van der Waals surface area contributed by atoms with Crippen molar-refractivity contribution in [1.29, 1.82) is 0 Å². The van der Waals surface area contributed by atoms with Gasteiger partial charge < -0.3 is 13.7 Å². The van der Waals surface area contributed by atoms with Crippen LogP contribution in [-0.4, -0.2) is 0 Å². The minimum absolute atomic E-state index is 0.850. The third-order valence-corrected chi connectivity index (χ3v) is 9.65. The highest BCUT2D eigenvalue weighted by Gasteiger charge is 2.25. The Morgan fingerprint density at radius 2 is 1.04 bits per heavy atom. The van der Waals surface area contributed by atoms with Gasteiger partial charge in [-0.3, -0.25) is 0 Å². The van der Waals surface area contributed by atoms with E-state index >= 15 is 0 Å². The fourth-order valence-electron chi connectivity index (χ4n) is 7.42. The summed E-state index contributed by atoms with van der Waals surface area (Å²) >= 11 is 0. The Bertz CT molecular complexity index is 2840. The average molecular weight is 628 g/mol. The highest BCUT2D eigenvalue weighted by atomic mass is 16.3. The minimum Gasteiger partial charge on any atom is -0.456 e. The van der Waals surface area contributed by atoms with Gasteiger partial charge in [0.15, 0.2) is 0 Å². The van der Waals surface area contributed by atoms with E-state index in [0.29, 0.717) is 0 Å². The maximum Gasteiger partial charge on any atom is 0.137 e. The predicted octanol–water partition coefficient (Wildman–Crippen LogP) is 13.4. The van der Waals surface area contributed by atoms with Crippen LogP contribution in [0.15, 0.2) is 185 Å². The largest absolute Gasteiger partial charge is 0.456 e. The van der Waals surface area contributed by atoms with Gasteiger partial charge in [-0.1, -0.05) is 121 Å². The van der Waals surface area contributed by atoms with Crippen LogP contribution in [0.2, 0.25) is 0 Å². The summed E-state index contributed by atoms with van der Waals surface area (Å²) in [5.41, 5.74) is 11.1. The van der Waals surface area contributed by atoms with Crippen LogP contribution < -0.4 is 4.90 Å². The Labute approximate surface area is 282 Å². The van der Waals surface area contributed by atoms with Crippen LogP contribution in [0.3, 0.4) is 0 Å². The first kappa shape index (κ1) is 27.5. The second-order valence-corrected chi connectivity index (χ2v) is 12.5. The monoisotopic (exact) mass is 627 g/mol. The summed E-state index contributed by atoms with van der Waals surface area (Å²) in [4.78, 5) is 2.39. The van der Waals surface area contributed by atoms with Crippen molar-refractivity contribution in [3.05, 3.63) is 176 Å². The summed E-state index contributed by atoms with van der Waals surface area (Å²) in [6.45, 7) is 0. The predicted molar refractivity (Wildman–Crippen MR) is 204 cm³/mol. The first-order valence-electron chi connectivity index (χ1n) is 16.6. The number of para-hydroxylation sites is 3. The topological polar surface area (TPSA) is 29.5 Å². The smallest absolute Gasteiger partial charge is 0.137 e. The molecule has 8 aromatic carbocycles. The highest BCUT2D eigenvalue weighted by Crippen LogP contribution is 2.49. The van der Waals surface area contributed by atoms with Gasteiger partial charge in [0.2, 0.25) is 0 Å². The Kier molecular flexibility index (Phi) is 6.18. The summed E-state index contributed by atoms with van der Waals surface area (Å²) in [5.74, 6) is 0. The van der Waals surface area contributed by atoms with Gasteiger partial charge in [-0.05, 0) is 70.4 Å². The van der Waals surface area contributed by atoms with Gasteiger partial charge in [-0.15, -0.1) is 0 Å². The van der Waals surface area contributed by atoms with Crippen LogP contribution in [0.5, 0.6) is 0 Å². The molecule has 10 aromatic rings. The average Bonchev–Trinajstić information content (AvgIpc) is 3.73. The van der Waals surface area contributed by atoms with E-state index in [0.717, 1.165) is 83.2 Å². The third kappa shape index (κ3) is 4.44. The molecule has 0 radical (unpaired) electrons. The first-order chi connectivity index (χ1) is 24.3. The van der Waals surface area contributed by atoms with Crippen molar-refractivity contribution in [3.8, 4) is 22.3 Å². The third-order valence-electron chi connectivity index (χ3n) is 9.65. The molecule has 0 bridgehead atoms. The Balaban J connectivity index is 1.33. The number of benzene rings is 8. The number of nitrogens with zero attached hydrogens (tertiary/aromatic N) is 1. The molecule has 0 N–H and O–H groups in total. The van der Waals surface area contributed by atoms with Crippen LogP contribution in [0, 0.1) is 0 Å². The van der Waals surface area contributed by atoms with Gasteiger partial charge in [0, 0.05) is 44.4 Å². The van der Waals surface area contributed by atoms with Crippen LogP contribution in [0.1, 0.15) is 0 Å². The highest BCUT2D eigenvalue weighted by molar-refractivity contribution is 6.17. The Morgan fingerprint density at radius 3 is 1.92 bits per heavy atom. The van der Waals surface area contributed by atoms with E-state index in [1.807, 2.05) is 18.2 Å². The zero-order valence-electron chi connectivity index (χ0n) is 26.5. The lowest BCUT2D eigenvalue weighted by molar-refractivity contribution is 0.668. The molecular weight excluding hydrogens is 599 g/mol. The molecule has 49 heavy (non-hydrogen) atoms. The van der Waals surface area contributed by atoms with E-state index in [2.05, 4.69) is 163 Å². The molecule has 10 rings (SSSR count). The molecule has 0 aliphatic heterocycles. The molecule has 3 heteroatoms. The van der Waals surface area contributed by atoms with Crippen molar-refractivity contribution in [3.63, 3.8) is 0 Å². The Hall–Kier alpha value is -6.58. The quantitative estimate of drug-likeness (QED) is 0.190. The van der Waals surface area contributed by atoms with E-state index in [1.165, 1.54) is 10.8 Å². The molecule has 230 valence electrons. The number of rotatable bonds is 5. The maximum atomic E-state index is 6.50. The molecule has 2 aromatic heterocycles. The number of hydrogen-bond acceptors (Lipinski definition) is 3. The molecule has 3 nitrogen and oxygen atoms in total. The summed E-state index contributed by atoms with van der Waals surface area (Å²) < 4.78 is 13.0.